The lowest BCUT2D eigenvalue weighted by atomic mass is 9.93. The van der Waals surface area contributed by atoms with Crippen LogP contribution in [0.15, 0.2) is 0 Å². The van der Waals surface area contributed by atoms with E-state index in [2.05, 4.69) is 24.5 Å². The number of aliphatic hydroxyl groups is 1. The van der Waals surface area contributed by atoms with Crippen molar-refractivity contribution in [2.75, 3.05) is 6.61 Å². The maximum Gasteiger partial charge on any atom is 0.237 e. The van der Waals surface area contributed by atoms with Crippen LogP contribution in [0.4, 0.5) is 0 Å². The first-order chi connectivity index (χ1) is 8.50. The number of nitrogens with one attached hydrogen (secondary N) is 2. The maximum absolute atomic E-state index is 12.1. The van der Waals surface area contributed by atoms with Crippen LogP contribution >= 0.6 is 0 Å². The molecule has 0 aromatic rings. The molecule has 0 saturated heterocycles. The minimum atomic E-state index is -0.206. The van der Waals surface area contributed by atoms with Crippen LogP contribution in [-0.2, 0) is 4.79 Å². The largest absolute Gasteiger partial charge is 0.396 e. The average Bonchev–Trinajstić information content (AvgIpc) is 2.82. The first-order valence-electron chi connectivity index (χ1n) is 7.19. The highest BCUT2D eigenvalue weighted by molar-refractivity contribution is 5.81. The number of aliphatic hydroxyl groups excluding tert-OH is 1. The first kappa shape index (κ1) is 15.4. The highest BCUT2D eigenvalue weighted by Crippen LogP contribution is 2.18. The Labute approximate surface area is 111 Å². The zero-order chi connectivity index (χ0) is 13.6. The van der Waals surface area contributed by atoms with Crippen molar-refractivity contribution in [1.82, 2.24) is 10.6 Å². The predicted octanol–water partition coefficient (Wildman–Crippen LogP) is 1.57. The Kier molecular flexibility index (Phi) is 6.09. The van der Waals surface area contributed by atoms with Gasteiger partial charge in [0.05, 0.1) is 6.04 Å². The standard InChI is InChI=1S/C14H28N2O2/c1-4-14(3,9-10-17)16-11(2)13(18)15-12-7-5-6-8-12/h11-12,16-17H,4-10H2,1-3H3,(H,15,18). The number of rotatable bonds is 7. The topological polar surface area (TPSA) is 61.4 Å². The highest BCUT2D eigenvalue weighted by atomic mass is 16.3. The molecule has 1 rings (SSSR count). The lowest BCUT2D eigenvalue weighted by molar-refractivity contribution is -0.124. The van der Waals surface area contributed by atoms with E-state index in [-0.39, 0.29) is 24.1 Å². The summed E-state index contributed by atoms with van der Waals surface area (Å²) < 4.78 is 0. The molecule has 0 aromatic heterocycles. The van der Waals surface area contributed by atoms with Crippen LogP contribution in [0, 0.1) is 0 Å². The Balaban J connectivity index is 2.42. The van der Waals surface area contributed by atoms with E-state index in [0.717, 1.165) is 19.3 Å². The zero-order valence-corrected chi connectivity index (χ0v) is 12.0. The van der Waals surface area contributed by atoms with E-state index in [1.807, 2.05) is 6.92 Å². The second-order valence-electron chi connectivity index (χ2n) is 5.74. The molecule has 18 heavy (non-hydrogen) atoms. The Bertz CT molecular complexity index is 265. The molecule has 0 aromatic carbocycles. The minimum Gasteiger partial charge on any atom is -0.396 e. The third kappa shape index (κ3) is 4.58. The molecular formula is C14H28N2O2. The number of amides is 1. The van der Waals surface area contributed by atoms with Gasteiger partial charge in [0.15, 0.2) is 0 Å². The molecule has 1 aliphatic carbocycles. The van der Waals surface area contributed by atoms with Crippen molar-refractivity contribution in [3.05, 3.63) is 0 Å². The Morgan fingerprint density at radius 3 is 2.56 bits per heavy atom. The minimum absolute atomic E-state index is 0.0829. The summed E-state index contributed by atoms with van der Waals surface area (Å²) in [6, 6.07) is 0.162. The molecule has 1 fully saturated rings. The number of hydrogen-bond donors (Lipinski definition) is 3. The highest BCUT2D eigenvalue weighted by Gasteiger charge is 2.27. The van der Waals surface area contributed by atoms with Gasteiger partial charge in [-0.25, -0.2) is 0 Å². The summed E-state index contributed by atoms with van der Waals surface area (Å²) in [7, 11) is 0. The van der Waals surface area contributed by atoms with E-state index < -0.39 is 0 Å². The first-order valence-corrected chi connectivity index (χ1v) is 7.19. The van der Waals surface area contributed by atoms with Gasteiger partial charge in [-0.1, -0.05) is 19.8 Å². The summed E-state index contributed by atoms with van der Waals surface area (Å²) in [4.78, 5) is 12.1. The van der Waals surface area contributed by atoms with Crippen molar-refractivity contribution in [1.29, 1.82) is 0 Å². The molecule has 1 saturated carbocycles. The van der Waals surface area contributed by atoms with Crippen LogP contribution in [0.1, 0.15) is 59.3 Å². The predicted molar refractivity (Wildman–Crippen MR) is 73.4 cm³/mol. The van der Waals surface area contributed by atoms with Crippen LogP contribution in [0.2, 0.25) is 0 Å². The molecule has 4 nitrogen and oxygen atoms in total. The smallest absolute Gasteiger partial charge is 0.237 e. The summed E-state index contributed by atoms with van der Waals surface area (Å²) in [6.07, 6.45) is 6.24. The van der Waals surface area contributed by atoms with Gasteiger partial charge in [-0.15, -0.1) is 0 Å². The molecule has 0 spiro atoms. The van der Waals surface area contributed by atoms with Gasteiger partial charge in [-0.05, 0) is 39.5 Å². The molecule has 1 amide bonds. The lowest BCUT2D eigenvalue weighted by Crippen LogP contribution is -2.54. The second-order valence-corrected chi connectivity index (χ2v) is 5.74. The molecule has 1 aliphatic rings. The molecular weight excluding hydrogens is 228 g/mol. The third-order valence-electron chi connectivity index (χ3n) is 4.10. The van der Waals surface area contributed by atoms with Crippen molar-refractivity contribution in [3.8, 4) is 0 Å². The van der Waals surface area contributed by atoms with Gasteiger partial charge in [0.2, 0.25) is 5.91 Å². The fraction of sp³-hybridized carbons (Fsp3) is 0.929. The van der Waals surface area contributed by atoms with Gasteiger partial charge in [-0.3, -0.25) is 4.79 Å². The van der Waals surface area contributed by atoms with Gasteiger partial charge >= 0.3 is 0 Å². The Hall–Kier alpha value is -0.610. The van der Waals surface area contributed by atoms with Crippen LogP contribution in [0.5, 0.6) is 0 Å². The molecule has 3 N–H and O–H groups in total. The van der Waals surface area contributed by atoms with Crippen molar-refractivity contribution in [3.63, 3.8) is 0 Å². The van der Waals surface area contributed by atoms with Gasteiger partial charge in [0.1, 0.15) is 0 Å². The summed E-state index contributed by atoms with van der Waals surface area (Å²) in [6.45, 7) is 6.18. The average molecular weight is 256 g/mol. The molecule has 2 atom stereocenters. The van der Waals surface area contributed by atoms with Crippen molar-refractivity contribution in [2.45, 2.75) is 76.9 Å². The van der Waals surface area contributed by atoms with Crippen LogP contribution in [-0.4, -0.2) is 35.2 Å². The fourth-order valence-corrected chi connectivity index (χ4v) is 2.58. The number of hydrogen-bond acceptors (Lipinski definition) is 3. The molecule has 106 valence electrons. The molecule has 0 radical (unpaired) electrons. The van der Waals surface area contributed by atoms with Gasteiger partial charge in [0.25, 0.3) is 0 Å². The molecule has 0 heterocycles. The maximum atomic E-state index is 12.1. The summed E-state index contributed by atoms with van der Waals surface area (Å²) in [5, 5.41) is 15.5. The van der Waals surface area contributed by atoms with Gasteiger partial charge in [-0.2, -0.15) is 0 Å². The third-order valence-corrected chi connectivity index (χ3v) is 4.10. The molecule has 0 aliphatic heterocycles. The summed E-state index contributed by atoms with van der Waals surface area (Å²) >= 11 is 0. The fourth-order valence-electron chi connectivity index (χ4n) is 2.58. The van der Waals surface area contributed by atoms with E-state index in [0.29, 0.717) is 12.5 Å². The zero-order valence-electron chi connectivity index (χ0n) is 12.0. The van der Waals surface area contributed by atoms with Crippen molar-refractivity contribution in [2.24, 2.45) is 0 Å². The summed E-state index contributed by atoms with van der Waals surface area (Å²) in [5.41, 5.74) is -0.165. The van der Waals surface area contributed by atoms with Gasteiger partial charge in [0, 0.05) is 18.2 Å². The summed E-state index contributed by atoms with van der Waals surface area (Å²) in [5.74, 6) is 0.0829. The van der Waals surface area contributed by atoms with Crippen molar-refractivity contribution >= 4 is 5.91 Å². The number of carbonyl (C=O) groups is 1. The van der Waals surface area contributed by atoms with E-state index in [1.165, 1.54) is 12.8 Å². The van der Waals surface area contributed by atoms with Crippen LogP contribution < -0.4 is 10.6 Å². The lowest BCUT2D eigenvalue weighted by Gasteiger charge is -2.32. The molecule has 2 unspecified atom stereocenters. The van der Waals surface area contributed by atoms with Gasteiger partial charge < -0.3 is 15.7 Å². The molecule has 4 heteroatoms. The monoisotopic (exact) mass is 256 g/mol. The Morgan fingerprint density at radius 1 is 1.44 bits per heavy atom. The van der Waals surface area contributed by atoms with E-state index in [1.54, 1.807) is 0 Å². The van der Waals surface area contributed by atoms with E-state index in [9.17, 15) is 4.79 Å². The SMILES string of the molecule is CCC(C)(CCO)NC(C)C(=O)NC1CCCC1. The van der Waals surface area contributed by atoms with E-state index >= 15 is 0 Å². The normalized spacial score (nSPS) is 21.6. The quantitative estimate of drug-likeness (QED) is 0.648. The molecule has 0 bridgehead atoms. The van der Waals surface area contributed by atoms with E-state index in [4.69, 9.17) is 5.11 Å². The van der Waals surface area contributed by atoms with Crippen LogP contribution in [0.25, 0.3) is 0 Å². The Morgan fingerprint density at radius 2 is 2.06 bits per heavy atom. The van der Waals surface area contributed by atoms with Crippen molar-refractivity contribution < 1.29 is 9.90 Å². The number of carbonyl (C=O) groups excluding carboxylic acids is 1. The van der Waals surface area contributed by atoms with Crippen LogP contribution in [0.3, 0.4) is 0 Å². The second kappa shape index (κ2) is 7.10.